The molecule has 3 aromatic rings. The molecule has 0 radical (unpaired) electrons. The average Bonchev–Trinajstić information content (AvgIpc) is 2.54. The van der Waals surface area contributed by atoms with E-state index < -0.39 is 5.63 Å². The van der Waals surface area contributed by atoms with Crippen molar-refractivity contribution in [3.05, 3.63) is 69.8 Å². The lowest BCUT2D eigenvalue weighted by Crippen LogP contribution is -2.21. The summed E-state index contributed by atoms with van der Waals surface area (Å²) in [6.07, 6.45) is 3.57. The first-order valence-electron chi connectivity index (χ1n) is 7.31. The van der Waals surface area contributed by atoms with Gasteiger partial charge in [-0.2, -0.15) is 0 Å². The Labute approximate surface area is 131 Å². The Balaban J connectivity index is 2.06. The Kier molecular flexibility index (Phi) is 3.01. The zero-order valence-electron chi connectivity index (χ0n) is 12.4. The van der Waals surface area contributed by atoms with Gasteiger partial charge in [-0.05, 0) is 42.3 Å². The van der Waals surface area contributed by atoms with E-state index in [0.29, 0.717) is 11.3 Å². The monoisotopic (exact) mass is 307 g/mol. The van der Waals surface area contributed by atoms with Crippen molar-refractivity contribution in [3.63, 3.8) is 0 Å². The van der Waals surface area contributed by atoms with Gasteiger partial charge in [0.25, 0.3) is 0 Å². The fraction of sp³-hybridized carbons (Fsp3) is 0.167. The van der Waals surface area contributed by atoms with Crippen LogP contribution in [-0.4, -0.2) is 11.0 Å². The number of hydrogen-bond acceptors (Lipinski definition) is 5. The third-order valence-corrected chi connectivity index (χ3v) is 4.17. The Morgan fingerprint density at radius 3 is 2.70 bits per heavy atom. The standard InChI is InChI=1S/C18H13NO4/c1-10-8-15(20)23-18-12(10)2-3-14-17(18)13(9-16(21)22-14)11-4-6-19-7-5-11/h2-8,13H,9H2,1H3. The van der Waals surface area contributed by atoms with Gasteiger partial charge in [0.05, 0.1) is 6.42 Å². The Bertz CT molecular complexity index is 975. The van der Waals surface area contributed by atoms with Crippen molar-refractivity contribution in [2.24, 2.45) is 0 Å². The molecular formula is C18H13NO4. The van der Waals surface area contributed by atoms with Crippen molar-refractivity contribution in [3.8, 4) is 5.75 Å². The molecule has 114 valence electrons. The molecule has 1 atom stereocenters. The summed E-state index contributed by atoms with van der Waals surface area (Å²) in [6.45, 7) is 1.86. The van der Waals surface area contributed by atoms with Crippen molar-refractivity contribution in [1.82, 2.24) is 4.98 Å². The van der Waals surface area contributed by atoms with Crippen LogP contribution in [0.2, 0.25) is 0 Å². The van der Waals surface area contributed by atoms with Gasteiger partial charge in [-0.25, -0.2) is 4.79 Å². The lowest BCUT2D eigenvalue weighted by atomic mass is 9.85. The first-order chi connectivity index (χ1) is 11.1. The first-order valence-corrected chi connectivity index (χ1v) is 7.31. The summed E-state index contributed by atoms with van der Waals surface area (Å²) in [5, 5.41) is 0.848. The molecule has 5 nitrogen and oxygen atoms in total. The van der Waals surface area contributed by atoms with Crippen molar-refractivity contribution < 1.29 is 13.9 Å². The highest BCUT2D eigenvalue weighted by Gasteiger charge is 2.31. The maximum Gasteiger partial charge on any atom is 0.336 e. The van der Waals surface area contributed by atoms with Gasteiger partial charge in [-0.3, -0.25) is 9.78 Å². The van der Waals surface area contributed by atoms with Gasteiger partial charge < -0.3 is 9.15 Å². The molecule has 0 fully saturated rings. The fourth-order valence-corrected chi connectivity index (χ4v) is 3.12. The smallest absolute Gasteiger partial charge is 0.336 e. The minimum absolute atomic E-state index is 0.202. The number of rotatable bonds is 1. The highest BCUT2D eigenvalue weighted by Crippen LogP contribution is 2.42. The summed E-state index contributed by atoms with van der Waals surface area (Å²) in [4.78, 5) is 27.8. The molecule has 2 aromatic heterocycles. The van der Waals surface area contributed by atoms with Crippen molar-refractivity contribution in [2.45, 2.75) is 19.3 Å². The number of carbonyl (C=O) groups excluding carboxylic acids is 1. The molecule has 0 aliphatic carbocycles. The summed E-state index contributed by atoms with van der Waals surface area (Å²) >= 11 is 0. The topological polar surface area (TPSA) is 69.4 Å². The Morgan fingerprint density at radius 1 is 1.13 bits per heavy atom. The normalized spacial score (nSPS) is 16.9. The van der Waals surface area contributed by atoms with E-state index >= 15 is 0 Å². The zero-order valence-corrected chi connectivity index (χ0v) is 12.4. The van der Waals surface area contributed by atoms with Gasteiger partial charge >= 0.3 is 11.6 Å². The van der Waals surface area contributed by atoms with E-state index in [1.54, 1.807) is 18.5 Å². The van der Waals surface area contributed by atoms with Crippen LogP contribution >= 0.6 is 0 Å². The molecule has 0 spiro atoms. The summed E-state index contributed by atoms with van der Waals surface area (Å²) in [7, 11) is 0. The van der Waals surface area contributed by atoms with E-state index in [2.05, 4.69) is 4.98 Å². The van der Waals surface area contributed by atoms with Gasteiger partial charge in [0.15, 0.2) is 0 Å². The van der Waals surface area contributed by atoms with Crippen LogP contribution in [0.5, 0.6) is 5.75 Å². The third kappa shape index (κ3) is 2.21. The summed E-state index contributed by atoms with van der Waals surface area (Å²) in [5.74, 6) is -0.0686. The number of ether oxygens (including phenoxy) is 1. The largest absolute Gasteiger partial charge is 0.426 e. The molecule has 1 aliphatic rings. The molecule has 0 bridgehead atoms. The van der Waals surface area contributed by atoms with Gasteiger partial charge in [0.1, 0.15) is 11.3 Å². The van der Waals surface area contributed by atoms with Crippen LogP contribution in [0.1, 0.15) is 29.0 Å². The third-order valence-electron chi connectivity index (χ3n) is 4.17. The molecule has 0 N–H and O–H groups in total. The van der Waals surface area contributed by atoms with E-state index in [1.807, 2.05) is 25.1 Å². The molecule has 1 unspecified atom stereocenters. The molecule has 4 rings (SSSR count). The van der Waals surface area contributed by atoms with Crippen molar-refractivity contribution in [2.75, 3.05) is 0 Å². The lowest BCUT2D eigenvalue weighted by Gasteiger charge is -2.25. The van der Waals surface area contributed by atoms with Gasteiger partial charge in [0, 0.05) is 35.3 Å². The molecule has 5 heteroatoms. The van der Waals surface area contributed by atoms with Gasteiger partial charge in [-0.1, -0.05) is 0 Å². The molecule has 1 aliphatic heterocycles. The van der Waals surface area contributed by atoms with Crippen molar-refractivity contribution >= 4 is 16.9 Å². The minimum atomic E-state index is -0.409. The lowest BCUT2D eigenvalue weighted by molar-refractivity contribution is -0.135. The first kappa shape index (κ1) is 13.7. The number of hydrogen-bond donors (Lipinski definition) is 0. The minimum Gasteiger partial charge on any atom is -0.426 e. The average molecular weight is 307 g/mol. The van der Waals surface area contributed by atoms with Crippen LogP contribution in [-0.2, 0) is 4.79 Å². The van der Waals surface area contributed by atoms with Crippen LogP contribution < -0.4 is 10.4 Å². The number of aryl methyl sites for hydroxylation is 1. The van der Waals surface area contributed by atoms with Crippen LogP contribution in [0.3, 0.4) is 0 Å². The zero-order chi connectivity index (χ0) is 16.0. The summed E-state index contributed by atoms with van der Waals surface area (Å²) in [5.41, 5.74) is 2.60. The molecule has 0 saturated heterocycles. The van der Waals surface area contributed by atoms with Crippen molar-refractivity contribution in [1.29, 1.82) is 0 Å². The predicted molar refractivity (Wildman–Crippen MR) is 83.6 cm³/mol. The Morgan fingerprint density at radius 2 is 1.91 bits per heavy atom. The highest BCUT2D eigenvalue weighted by atomic mass is 16.5. The maximum absolute atomic E-state index is 11.9. The Hall–Kier alpha value is -2.95. The molecule has 3 heterocycles. The van der Waals surface area contributed by atoms with E-state index in [0.717, 1.165) is 22.1 Å². The van der Waals surface area contributed by atoms with Crippen LogP contribution in [0.25, 0.3) is 11.0 Å². The number of carbonyl (C=O) groups is 1. The SMILES string of the molecule is Cc1cc(=O)oc2c3c(ccc12)OC(=O)CC3c1ccncc1. The highest BCUT2D eigenvalue weighted by molar-refractivity contribution is 5.89. The number of esters is 1. The van der Waals surface area contributed by atoms with E-state index in [9.17, 15) is 9.59 Å². The van der Waals surface area contributed by atoms with Gasteiger partial charge in [0.2, 0.25) is 0 Å². The molecule has 23 heavy (non-hydrogen) atoms. The van der Waals surface area contributed by atoms with E-state index in [-0.39, 0.29) is 18.3 Å². The molecule has 0 saturated carbocycles. The summed E-state index contributed by atoms with van der Waals surface area (Å²) in [6, 6.07) is 8.76. The van der Waals surface area contributed by atoms with E-state index in [4.69, 9.17) is 9.15 Å². The second kappa shape index (κ2) is 5.05. The van der Waals surface area contributed by atoms with Gasteiger partial charge in [-0.15, -0.1) is 0 Å². The second-order valence-corrected chi connectivity index (χ2v) is 5.61. The van der Waals surface area contributed by atoms with Crippen LogP contribution in [0, 0.1) is 6.92 Å². The number of benzene rings is 1. The second-order valence-electron chi connectivity index (χ2n) is 5.61. The molecule has 0 amide bonds. The van der Waals surface area contributed by atoms with Crippen LogP contribution in [0.15, 0.2) is 51.9 Å². The van der Waals surface area contributed by atoms with E-state index in [1.165, 1.54) is 6.07 Å². The fourth-order valence-electron chi connectivity index (χ4n) is 3.12. The number of aromatic nitrogens is 1. The molecular weight excluding hydrogens is 294 g/mol. The molecule has 1 aromatic carbocycles. The quantitative estimate of drug-likeness (QED) is 0.393. The van der Waals surface area contributed by atoms with Crippen LogP contribution in [0.4, 0.5) is 0 Å². The number of nitrogens with zero attached hydrogens (tertiary/aromatic N) is 1. The summed E-state index contributed by atoms with van der Waals surface area (Å²) < 4.78 is 10.8. The maximum atomic E-state index is 11.9. The number of fused-ring (bicyclic) bond motifs is 3. The number of pyridine rings is 1. The predicted octanol–water partition coefficient (Wildman–Crippen LogP) is 2.94.